The van der Waals surface area contributed by atoms with Gasteiger partial charge in [0, 0.05) is 14.8 Å². The number of aliphatic carboxylic acids is 1. The Morgan fingerprint density at radius 3 is 2.90 bits per heavy atom. The maximum Gasteiger partial charge on any atom is 0.320 e. The molecule has 0 aliphatic carbocycles. The van der Waals surface area contributed by atoms with Crippen LogP contribution in [0, 0.1) is 5.41 Å². The van der Waals surface area contributed by atoms with Crippen LogP contribution in [0.5, 0.6) is 0 Å². The molecule has 0 radical (unpaired) electrons. The molecular formula is C7H13NO2. The highest BCUT2D eigenvalue weighted by atomic mass is 16.4. The van der Waals surface area contributed by atoms with Crippen LogP contribution in [0.4, 0.5) is 0 Å². The Balaban J connectivity index is 3.07. The van der Waals surface area contributed by atoms with Crippen molar-refractivity contribution in [1.82, 2.24) is 5.32 Å². The first kappa shape index (κ1) is 2.81. The molecule has 3 heteroatoms. The fourth-order valence-corrected chi connectivity index (χ4v) is 0.965. The minimum Gasteiger partial charge on any atom is -0.480 e. The number of carbonyl (C=O) groups is 1. The lowest BCUT2D eigenvalue weighted by Crippen LogP contribution is -2.29. The molecule has 1 fully saturated rings. The van der Waals surface area contributed by atoms with E-state index in [1.165, 1.54) is 0 Å². The summed E-state index contributed by atoms with van der Waals surface area (Å²) in [5, 5.41) is 11.2. The number of hydrogen-bond acceptors (Lipinski definition) is 2. The molecule has 3 nitrogen and oxygen atoms in total. The van der Waals surface area contributed by atoms with Crippen LogP contribution in [0.3, 0.4) is 0 Å². The molecule has 1 heterocycles. The third kappa shape index (κ3) is 1.48. The Morgan fingerprint density at radius 1 is 1.90 bits per heavy atom. The molecule has 0 spiro atoms. The summed E-state index contributed by atoms with van der Waals surface area (Å²) in [6.07, 6.45) is -0.407. The lowest BCUT2D eigenvalue weighted by Gasteiger charge is -2.13. The van der Waals surface area contributed by atoms with Crippen LogP contribution >= 0.6 is 0 Å². The van der Waals surface area contributed by atoms with E-state index in [2.05, 4.69) is 5.32 Å². The van der Waals surface area contributed by atoms with Crippen LogP contribution < -0.4 is 5.32 Å². The highest BCUT2D eigenvalue weighted by Crippen LogP contribution is 2.26. The van der Waals surface area contributed by atoms with Gasteiger partial charge in [0.15, 0.2) is 0 Å². The Bertz CT molecular complexity index is 282. The molecule has 1 rings (SSSR count). The van der Waals surface area contributed by atoms with E-state index in [1.54, 1.807) is 0 Å². The number of carboxylic acid groups (broad SMARTS) is 1. The summed E-state index contributed by atoms with van der Waals surface area (Å²) in [4.78, 5) is 10.7. The van der Waals surface area contributed by atoms with Crippen molar-refractivity contribution in [3.05, 3.63) is 0 Å². The molecule has 1 aliphatic heterocycles. The average Bonchev–Trinajstić information content (AvgIpc) is 2.44. The Hall–Kier alpha value is -0.570. The minimum absolute atomic E-state index is 0.336. The van der Waals surface area contributed by atoms with Crippen LogP contribution in [0.15, 0.2) is 0 Å². The molecule has 0 aromatic rings. The van der Waals surface area contributed by atoms with Gasteiger partial charge in [-0.3, -0.25) is 4.79 Å². The van der Waals surface area contributed by atoms with Crippen LogP contribution in [-0.4, -0.2) is 23.7 Å². The van der Waals surface area contributed by atoms with Gasteiger partial charge in [-0.25, -0.2) is 0 Å². The van der Waals surface area contributed by atoms with Gasteiger partial charge in [0.25, 0.3) is 0 Å². The zero-order valence-electron chi connectivity index (χ0n) is 11.3. The average molecular weight is 149 g/mol. The van der Waals surface area contributed by atoms with Gasteiger partial charge in [-0.2, -0.15) is 0 Å². The lowest BCUT2D eigenvalue weighted by molar-refractivity contribution is -0.139. The normalized spacial score (nSPS) is 41.8. The first-order chi connectivity index (χ1) is 7.01. The van der Waals surface area contributed by atoms with Crippen molar-refractivity contribution in [1.29, 1.82) is 0 Å². The highest BCUT2D eigenvalue weighted by molar-refractivity contribution is 5.73. The predicted molar refractivity (Wildman–Crippen MR) is 37.8 cm³/mol. The third-order valence-electron chi connectivity index (χ3n) is 1.50. The molecule has 0 bridgehead atoms. The second-order valence-corrected chi connectivity index (χ2v) is 2.56. The molecule has 0 saturated carbocycles. The molecular weight excluding hydrogens is 130 g/mol. The summed E-state index contributed by atoms with van der Waals surface area (Å²) >= 11 is 0. The molecule has 0 aromatic carbocycles. The van der Waals surface area contributed by atoms with Crippen molar-refractivity contribution in [2.75, 3.05) is 6.54 Å². The number of carboxylic acids is 1. The van der Waals surface area contributed by atoms with Crippen molar-refractivity contribution in [3.8, 4) is 0 Å². The summed E-state index contributed by atoms with van der Waals surface area (Å²) < 4.78 is 43.8. The number of rotatable bonds is 1. The van der Waals surface area contributed by atoms with Gasteiger partial charge in [0.2, 0.25) is 0 Å². The quantitative estimate of drug-likeness (QED) is 0.569. The number of nitrogens with one attached hydrogen (secondary N) is 1. The van der Waals surface area contributed by atoms with Crippen LogP contribution in [0.2, 0.25) is 0 Å². The zero-order chi connectivity index (χ0) is 12.8. The molecule has 0 amide bonds. The van der Waals surface area contributed by atoms with Crippen molar-refractivity contribution in [2.24, 2.45) is 5.41 Å². The van der Waals surface area contributed by atoms with Crippen molar-refractivity contribution in [2.45, 2.75) is 26.2 Å². The standard InChI is InChI=1S/C7H13NO2/c1-7(2)3-5(6(9)10)8-4-7/h5,8H,3-4H2,1-2H3,(H,9,10)/i1D3,2D3. The molecule has 1 unspecified atom stereocenters. The van der Waals surface area contributed by atoms with E-state index in [4.69, 9.17) is 13.3 Å². The van der Waals surface area contributed by atoms with E-state index in [1.807, 2.05) is 0 Å². The predicted octanol–water partition coefficient (Wildman–Crippen LogP) is 0.459. The van der Waals surface area contributed by atoms with Crippen molar-refractivity contribution < 1.29 is 18.1 Å². The summed E-state index contributed by atoms with van der Waals surface area (Å²) in [6, 6.07) is -1.11. The van der Waals surface area contributed by atoms with E-state index < -0.39 is 37.6 Å². The molecule has 1 saturated heterocycles. The fourth-order valence-electron chi connectivity index (χ4n) is 0.965. The Kier molecular flexibility index (Phi) is 0.629. The topological polar surface area (TPSA) is 49.3 Å². The van der Waals surface area contributed by atoms with E-state index in [0.29, 0.717) is 0 Å². The third-order valence-corrected chi connectivity index (χ3v) is 1.50. The molecule has 1 aliphatic rings. The second kappa shape index (κ2) is 2.23. The van der Waals surface area contributed by atoms with E-state index in [0.717, 1.165) is 0 Å². The summed E-state index contributed by atoms with van der Waals surface area (Å²) in [7, 11) is 0. The highest BCUT2D eigenvalue weighted by Gasteiger charge is 2.34. The van der Waals surface area contributed by atoms with Gasteiger partial charge >= 0.3 is 5.97 Å². The van der Waals surface area contributed by atoms with Gasteiger partial charge in [-0.15, -0.1) is 0 Å². The second-order valence-electron chi connectivity index (χ2n) is 2.56. The summed E-state index contributed by atoms with van der Waals surface area (Å²) in [5.41, 5.74) is -1.97. The fraction of sp³-hybridized carbons (Fsp3) is 0.857. The lowest BCUT2D eigenvalue weighted by atomic mass is 9.91. The Labute approximate surface area is 68.9 Å². The van der Waals surface area contributed by atoms with Gasteiger partial charge in [0.05, 0.1) is 0 Å². The smallest absolute Gasteiger partial charge is 0.320 e. The summed E-state index contributed by atoms with van der Waals surface area (Å²) in [5.74, 6) is -1.23. The first-order valence-corrected chi connectivity index (χ1v) is 2.97. The van der Waals surface area contributed by atoms with E-state index in [-0.39, 0.29) is 6.54 Å². The monoisotopic (exact) mass is 149 g/mol. The molecule has 2 N–H and O–H groups in total. The number of hydrogen-bond donors (Lipinski definition) is 2. The SMILES string of the molecule is [2H]C([2H])([2H])C1(C([2H])([2H])[2H])CNC(C(=O)O)C1. The summed E-state index contributed by atoms with van der Waals surface area (Å²) in [6.45, 7) is -5.76. The van der Waals surface area contributed by atoms with Crippen molar-refractivity contribution >= 4 is 5.97 Å². The van der Waals surface area contributed by atoms with Crippen molar-refractivity contribution in [3.63, 3.8) is 0 Å². The van der Waals surface area contributed by atoms with Crippen LogP contribution in [0.25, 0.3) is 0 Å². The van der Waals surface area contributed by atoms with E-state index in [9.17, 15) is 4.79 Å². The zero-order valence-corrected chi connectivity index (χ0v) is 5.35. The minimum atomic E-state index is -2.71. The van der Waals surface area contributed by atoms with Gasteiger partial charge < -0.3 is 10.4 Å². The molecule has 10 heavy (non-hydrogen) atoms. The molecule has 58 valence electrons. The Morgan fingerprint density at radius 2 is 2.60 bits per heavy atom. The van der Waals surface area contributed by atoms with Crippen LogP contribution in [-0.2, 0) is 4.79 Å². The molecule has 1 atom stereocenters. The van der Waals surface area contributed by atoms with E-state index >= 15 is 0 Å². The maximum absolute atomic E-state index is 10.7. The van der Waals surface area contributed by atoms with Gasteiger partial charge in [-0.1, -0.05) is 13.7 Å². The van der Waals surface area contributed by atoms with Crippen LogP contribution in [0.1, 0.15) is 28.3 Å². The van der Waals surface area contributed by atoms with Gasteiger partial charge in [-0.05, 0) is 11.8 Å². The molecule has 0 aromatic heterocycles. The largest absolute Gasteiger partial charge is 0.480 e. The maximum atomic E-state index is 10.7. The first-order valence-electron chi connectivity index (χ1n) is 5.97. The van der Waals surface area contributed by atoms with Gasteiger partial charge in [0.1, 0.15) is 6.04 Å².